The third-order valence-corrected chi connectivity index (χ3v) is 2.62. The maximum atomic E-state index is 12.3. The van der Waals surface area contributed by atoms with Gasteiger partial charge in [-0.25, -0.2) is 4.68 Å². The van der Waals surface area contributed by atoms with Crippen molar-refractivity contribution in [1.29, 1.82) is 0 Å². The number of hydrogen-bond donors (Lipinski definition) is 1. The Kier molecular flexibility index (Phi) is 3.30. The fourth-order valence-electron chi connectivity index (χ4n) is 1.75. The minimum atomic E-state index is -0.0680. The van der Waals surface area contributed by atoms with Gasteiger partial charge in [0.05, 0.1) is 6.20 Å². The summed E-state index contributed by atoms with van der Waals surface area (Å²) >= 11 is 0. The summed E-state index contributed by atoms with van der Waals surface area (Å²) in [6.07, 6.45) is 2.16. The van der Waals surface area contributed by atoms with E-state index < -0.39 is 0 Å². The summed E-state index contributed by atoms with van der Waals surface area (Å²) in [6, 6.07) is 7.48. The van der Waals surface area contributed by atoms with E-state index >= 15 is 0 Å². The molecule has 5 nitrogen and oxygen atoms in total. The van der Waals surface area contributed by atoms with Crippen molar-refractivity contribution in [3.63, 3.8) is 0 Å². The van der Waals surface area contributed by atoms with Crippen LogP contribution in [0.25, 0.3) is 0 Å². The lowest BCUT2D eigenvalue weighted by Gasteiger charge is -2.07. The Morgan fingerprint density at radius 1 is 1.41 bits per heavy atom. The molecule has 0 aliphatic rings. The molecule has 0 spiro atoms. The van der Waals surface area contributed by atoms with Gasteiger partial charge >= 0.3 is 0 Å². The van der Waals surface area contributed by atoms with Crippen molar-refractivity contribution >= 4 is 5.78 Å². The van der Waals surface area contributed by atoms with Gasteiger partial charge in [0.25, 0.3) is 0 Å². The highest BCUT2D eigenvalue weighted by Gasteiger charge is 2.16. The molecule has 1 aromatic heterocycles. The summed E-state index contributed by atoms with van der Waals surface area (Å²) in [4.78, 5) is 12.3. The first kappa shape index (κ1) is 11.5. The lowest BCUT2D eigenvalue weighted by atomic mass is 9.99. The third-order valence-electron chi connectivity index (χ3n) is 2.62. The first-order valence-corrected chi connectivity index (χ1v) is 5.41. The van der Waals surface area contributed by atoms with E-state index in [9.17, 15) is 4.79 Å². The van der Waals surface area contributed by atoms with Gasteiger partial charge in [0.15, 0.2) is 0 Å². The van der Waals surface area contributed by atoms with Crippen molar-refractivity contribution in [3.05, 3.63) is 47.3 Å². The molecule has 1 aromatic carbocycles. The number of rotatable bonds is 4. The molecule has 0 atom stereocenters. The van der Waals surface area contributed by atoms with Gasteiger partial charge in [-0.2, -0.15) is 0 Å². The highest BCUT2D eigenvalue weighted by molar-refractivity contribution is 6.08. The molecule has 5 heteroatoms. The first-order valence-electron chi connectivity index (χ1n) is 5.41. The van der Waals surface area contributed by atoms with Crippen LogP contribution in [0, 0.1) is 0 Å². The van der Waals surface area contributed by atoms with E-state index in [2.05, 4.69) is 10.3 Å². The Morgan fingerprint density at radius 2 is 2.18 bits per heavy atom. The van der Waals surface area contributed by atoms with Crippen molar-refractivity contribution in [2.45, 2.75) is 6.42 Å². The second-order valence-corrected chi connectivity index (χ2v) is 3.77. The molecule has 0 saturated heterocycles. The molecular weight excluding hydrogens is 216 g/mol. The van der Waals surface area contributed by atoms with Crippen LogP contribution in [0.3, 0.4) is 0 Å². The Balaban J connectivity index is 2.40. The Bertz CT molecular complexity index is 533. The molecule has 0 radical (unpaired) electrons. The maximum absolute atomic E-state index is 12.3. The average molecular weight is 230 g/mol. The van der Waals surface area contributed by atoms with E-state index in [0.717, 1.165) is 5.56 Å². The smallest absolute Gasteiger partial charge is 0.212 e. The number of carbonyl (C=O) groups is 1. The molecule has 0 aliphatic carbocycles. The molecule has 0 bridgehead atoms. The summed E-state index contributed by atoms with van der Waals surface area (Å²) in [7, 11) is 1.70. The van der Waals surface area contributed by atoms with Crippen molar-refractivity contribution in [1.82, 2.24) is 15.0 Å². The number of ketones is 1. The quantitative estimate of drug-likeness (QED) is 0.778. The third kappa shape index (κ3) is 2.24. The fraction of sp³-hybridized carbons (Fsp3) is 0.250. The summed E-state index contributed by atoms with van der Waals surface area (Å²) in [6.45, 7) is 0.522. The van der Waals surface area contributed by atoms with Crippen LogP contribution < -0.4 is 5.73 Å². The second-order valence-electron chi connectivity index (χ2n) is 3.77. The molecule has 0 aliphatic heterocycles. The van der Waals surface area contributed by atoms with Crippen molar-refractivity contribution < 1.29 is 4.79 Å². The standard InChI is InChI=1S/C12H14N4O/c1-16-11(8-14-15-16)12(17)10-5-3-2-4-9(10)6-7-13/h2-5,8H,6-7,13H2,1H3. The van der Waals surface area contributed by atoms with Gasteiger partial charge in [-0.15, -0.1) is 5.10 Å². The number of nitrogens with two attached hydrogens (primary N) is 1. The zero-order valence-electron chi connectivity index (χ0n) is 9.63. The molecular formula is C12H14N4O. The number of aromatic nitrogens is 3. The minimum Gasteiger partial charge on any atom is -0.330 e. The van der Waals surface area contributed by atoms with Crippen molar-refractivity contribution in [3.8, 4) is 0 Å². The second kappa shape index (κ2) is 4.88. The number of nitrogens with zero attached hydrogens (tertiary/aromatic N) is 3. The van der Waals surface area contributed by atoms with Gasteiger partial charge < -0.3 is 5.73 Å². The summed E-state index contributed by atoms with van der Waals surface area (Å²) in [5.41, 5.74) is 7.65. The number of benzene rings is 1. The monoisotopic (exact) mass is 230 g/mol. The summed E-state index contributed by atoms with van der Waals surface area (Å²) < 4.78 is 1.47. The predicted molar refractivity (Wildman–Crippen MR) is 63.6 cm³/mol. The van der Waals surface area contributed by atoms with Crippen molar-refractivity contribution in [2.75, 3.05) is 6.54 Å². The molecule has 0 unspecified atom stereocenters. The van der Waals surface area contributed by atoms with Gasteiger partial charge in [-0.05, 0) is 18.5 Å². The molecule has 17 heavy (non-hydrogen) atoms. The minimum absolute atomic E-state index is 0.0680. The van der Waals surface area contributed by atoms with Crippen LogP contribution in [0.15, 0.2) is 30.5 Å². The van der Waals surface area contributed by atoms with E-state index in [1.54, 1.807) is 13.1 Å². The lowest BCUT2D eigenvalue weighted by Crippen LogP contribution is -2.12. The molecule has 0 saturated carbocycles. The van der Waals surface area contributed by atoms with Gasteiger partial charge in [0, 0.05) is 12.6 Å². The Hall–Kier alpha value is -2.01. The molecule has 1 heterocycles. The predicted octanol–water partition coefficient (Wildman–Crippen LogP) is 0.547. The van der Waals surface area contributed by atoms with E-state index in [-0.39, 0.29) is 5.78 Å². The maximum Gasteiger partial charge on any atom is 0.212 e. The molecule has 2 aromatic rings. The van der Waals surface area contributed by atoms with Crippen molar-refractivity contribution in [2.24, 2.45) is 12.8 Å². The van der Waals surface area contributed by atoms with Crippen LogP contribution >= 0.6 is 0 Å². The Morgan fingerprint density at radius 3 is 2.82 bits per heavy atom. The Labute approximate surface area is 99.2 Å². The summed E-state index contributed by atoms with van der Waals surface area (Å²) in [5, 5.41) is 7.47. The number of hydrogen-bond acceptors (Lipinski definition) is 4. The van der Waals surface area contributed by atoms with Gasteiger partial charge in [-0.1, -0.05) is 29.5 Å². The SMILES string of the molecule is Cn1nncc1C(=O)c1ccccc1CCN. The molecule has 0 amide bonds. The normalized spacial score (nSPS) is 10.5. The van der Waals surface area contributed by atoms with Crippen LogP contribution in [0.2, 0.25) is 0 Å². The average Bonchev–Trinajstić information content (AvgIpc) is 2.76. The zero-order chi connectivity index (χ0) is 12.3. The van der Waals surface area contributed by atoms with Gasteiger partial charge in [-0.3, -0.25) is 4.79 Å². The first-order chi connectivity index (χ1) is 8.24. The number of carbonyl (C=O) groups excluding carboxylic acids is 1. The van der Waals surface area contributed by atoms with E-state index in [1.165, 1.54) is 10.9 Å². The zero-order valence-corrected chi connectivity index (χ0v) is 9.63. The lowest BCUT2D eigenvalue weighted by molar-refractivity contribution is 0.102. The van der Waals surface area contributed by atoms with Gasteiger partial charge in [0.2, 0.25) is 5.78 Å². The molecule has 2 N–H and O–H groups in total. The highest BCUT2D eigenvalue weighted by Crippen LogP contribution is 2.13. The van der Waals surface area contributed by atoms with Crippen LogP contribution in [0.4, 0.5) is 0 Å². The van der Waals surface area contributed by atoms with E-state index in [1.807, 2.05) is 18.2 Å². The van der Waals surface area contributed by atoms with E-state index in [0.29, 0.717) is 24.2 Å². The van der Waals surface area contributed by atoms with Crippen LogP contribution in [0.1, 0.15) is 21.6 Å². The molecule has 2 rings (SSSR count). The van der Waals surface area contributed by atoms with Crippen LogP contribution in [-0.4, -0.2) is 27.3 Å². The largest absolute Gasteiger partial charge is 0.330 e. The van der Waals surface area contributed by atoms with E-state index in [4.69, 9.17) is 5.73 Å². The number of aryl methyl sites for hydroxylation is 1. The van der Waals surface area contributed by atoms with Crippen LogP contribution in [-0.2, 0) is 13.5 Å². The van der Waals surface area contributed by atoms with Gasteiger partial charge in [0.1, 0.15) is 5.69 Å². The fourth-order valence-corrected chi connectivity index (χ4v) is 1.75. The highest BCUT2D eigenvalue weighted by atomic mass is 16.1. The molecule has 88 valence electrons. The van der Waals surface area contributed by atoms with Crippen LogP contribution in [0.5, 0.6) is 0 Å². The molecule has 0 fully saturated rings. The summed E-state index contributed by atoms with van der Waals surface area (Å²) in [5.74, 6) is -0.0680. The topological polar surface area (TPSA) is 73.8 Å².